The molecule has 2 aromatic carbocycles. The lowest BCUT2D eigenvalue weighted by Gasteiger charge is -2.38. The fourth-order valence-electron chi connectivity index (χ4n) is 4.22. The lowest BCUT2D eigenvalue weighted by atomic mass is 9.74. The molecule has 2 aliphatic rings. The lowest BCUT2D eigenvalue weighted by Crippen LogP contribution is -2.44. The number of halogens is 3. The van der Waals surface area contributed by atoms with E-state index in [2.05, 4.69) is 11.0 Å². The third-order valence-electron chi connectivity index (χ3n) is 5.98. The van der Waals surface area contributed by atoms with Crippen molar-refractivity contribution < 1.29 is 19.0 Å². The van der Waals surface area contributed by atoms with Crippen LogP contribution in [0, 0.1) is 5.82 Å². The number of ether oxygens (including phenoxy) is 1. The normalized spacial score (nSPS) is 17.5. The van der Waals surface area contributed by atoms with E-state index in [0.29, 0.717) is 23.7 Å². The van der Waals surface area contributed by atoms with Crippen LogP contribution in [0.25, 0.3) is 12.2 Å². The van der Waals surface area contributed by atoms with E-state index in [-0.39, 0.29) is 30.1 Å². The van der Waals surface area contributed by atoms with Gasteiger partial charge >= 0.3 is 5.97 Å². The molecular formula is C23H24Cl2FNO3. The summed E-state index contributed by atoms with van der Waals surface area (Å²) in [6.07, 6.45) is 5.62. The predicted molar refractivity (Wildman–Crippen MR) is 119 cm³/mol. The van der Waals surface area contributed by atoms with Gasteiger partial charge in [-0.2, -0.15) is 0 Å². The summed E-state index contributed by atoms with van der Waals surface area (Å²) in [6.45, 7) is 3.01. The van der Waals surface area contributed by atoms with Crippen LogP contribution in [0.4, 0.5) is 4.39 Å². The summed E-state index contributed by atoms with van der Waals surface area (Å²) < 4.78 is 20.0. The molecule has 0 atom stereocenters. The zero-order valence-electron chi connectivity index (χ0n) is 16.4. The topological polar surface area (TPSA) is 49.8 Å². The summed E-state index contributed by atoms with van der Waals surface area (Å²) in [5, 5.41) is 9.25. The van der Waals surface area contributed by atoms with E-state index >= 15 is 0 Å². The molecule has 0 radical (unpaired) electrons. The number of carboxylic acid groups (broad SMARTS) is 1. The van der Waals surface area contributed by atoms with Gasteiger partial charge < -0.3 is 14.7 Å². The molecule has 0 unspecified atom stereocenters. The highest BCUT2D eigenvalue weighted by Gasteiger charge is 2.42. The number of likely N-dealkylation sites (tertiary alicyclic amines) is 1. The summed E-state index contributed by atoms with van der Waals surface area (Å²) in [5.74, 6) is -0.220. The van der Waals surface area contributed by atoms with Crippen molar-refractivity contribution in [3.05, 3.63) is 63.9 Å². The Hall–Kier alpha value is -2.08. The molecular weight excluding hydrogens is 428 g/mol. The van der Waals surface area contributed by atoms with Gasteiger partial charge in [0.2, 0.25) is 0 Å². The van der Waals surface area contributed by atoms with Crippen LogP contribution in [0.2, 0.25) is 5.02 Å². The Balaban J connectivity index is 0.00000256. The van der Waals surface area contributed by atoms with E-state index in [1.165, 1.54) is 11.6 Å². The molecule has 0 aliphatic carbocycles. The van der Waals surface area contributed by atoms with Crippen LogP contribution in [-0.4, -0.2) is 42.2 Å². The monoisotopic (exact) mass is 451 g/mol. The van der Waals surface area contributed by atoms with Gasteiger partial charge in [0.15, 0.2) is 0 Å². The van der Waals surface area contributed by atoms with Gasteiger partial charge in [0.25, 0.3) is 0 Å². The van der Waals surface area contributed by atoms with Crippen molar-refractivity contribution in [1.29, 1.82) is 0 Å². The van der Waals surface area contributed by atoms with E-state index in [9.17, 15) is 9.18 Å². The first-order valence-electron chi connectivity index (χ1n) is 9.80. The third kappa shape index (κ3) is 4.64. The first kappa shape index (κ1) is 22.6. The molecule has 1 N–H and O–H groups in total. The molecule has 0 saturated carbocycles. The molecule has 1 fully saturated rings. The Labute approximate surface area is 186 Å². The van der Waals surface area contributed by atoms with Crippen LogP contribution in [0.3, 0.4) is 0 Å². The first-order valence-corrected chi connectivity index (χ1v) is 10.2. The summed E-state index contributed by atoms with van der Waals surface area (Å²) in [6, 6.07) is 10.8. The number of hydrogen-bond donors (Lipinski definition) is 1. The minimum atomic E-state index is -0.753. The van der Waals surface area contributed by atoms with Gasteiger partial charge in [0, 0.05) is 23.1 Å². The third-order valence-corrected chi connectivity index (χ3v) is 6.31. The van der Waals surface area contributed by atoms with Gasteiger partial charge in [0.05, 0.1) is 18.1 Å². The molecule has 0 aromatic heterocycles. The smallest absolute Gasteiger partial charge is 0.304 e. The van der Waals surface area contributed by atoms with E-state index in [0.717, 1.165) is 37.2 Å². The van der Waals surface area contributed by atoms with Crippen LogP contribution in [0.5, 0.6) is 5.75 Å². The Bertz CT molecular complexity index is 935. The maximum absolute atomic E-state index is 13.9. The van der Waals surface area contributed by atoms with Crippen LogP contribution in [0.15, 0.2) is 36.4 Å². The Kier molecular flexibility index (Phi) is 7.06. The van der Waals surface area contributed by atoms with Gasteiger partial charge in [-0.1, -0.05) is 35.9 Å². The highest BCUT2D eigenvalue weighted by Crippen LogP contribution is 2.46. The molecule has 2 aromatic rings. The Morgan fingerprint density at radius 3 is 2.70 bits per heavy atom. The summed E-state index contributed by atoms with van der Waals surface area (Å²) in [4.78, 5) is 13.0. The SMILES string of the molecule is Cl.O=C(O)CCN1CCC2(CC1)COc1cc(C=Cc3c(F)cccc3Cl)ccc12. The van der Waals surface area contributed by atoms with Crippen molar-refractivity contribution in [2.75, 3.05) is 26.2 Å². The van der Waals surface area contributed by atoms with Crippen molar-refractivity contribution in [2.24, 2.45) is 0 Å². The van der Waals surface area contributed by atoms with Gasteiger partial charge in [-0.05, 0) is 55.8 Å². The van der Waals surface area contributed by atoms with E-state index in [1.807, 2.05) is 18.2 Å². The summed E-state index contributed by atoms with van der Waals surface area (Å²) >= 11 is 6.09. The van der Waals surface area contributed by atoms with Crippen molar-refractivity contribution in [2.45, 2.75) is 24.7 Å². The molecule has 4 rings (SSSR count). The number of carbonyl (C=O) groups is 1. The second-order valence-electron chi connectivity index (χ2n) is 7.78. The largest absolute Gasteiger partial charge is 0.492 e. The van der Waals surface area contributed by atoms with Crippen LogP contribution in [0.1, 0.15) is 36.0 Å². The van der Waals surface area contributed by atoms with Crippen molar-refractivity contribution in [3.63, 3.8) is 0 Å². The lowest BCUT2D eigenvalue weighted by molar-refractivity contribution is -0.137. The quantitative estimate of drug-likeness (QED) is 0.628. The molecule has 0 amide bonds. The number of piperidine rings is 1. The van der Waals surface area contributed by atoms with Crippen LogP contribution < -0.4 is 4.74 Å². The zero-order valence-corrected chi connectivity index (χ0v) is 18.0. The minimum Gasteiger partial charge on any atom is -0.492 e. The average Bonchev–Trinajstić information content (AvgIpc) is 3.05. The number of aliphatic carboxylic acids is 1. The molecule has 30 heavy (non-hydrogen) atoms. The fourth-order valence-corrected chi connectivity index (χ4v) is 4.44. The van der Waals surface area contributed by atoms with Crippen LogP contribution in [-0.2, 0) is 10.2 Å². The molecule has 0 bridgehead atoms. The highest BCUT2D eigenvalue weighted by molar-refractivity contribution is 6.32. The van der Waals surface area contributed by atoms with Crippen molar-refractivity contribution in [3.8, 4) is 5.75 Å². The van der Waals surface area contributed by atoms with Gasteiger partial charge in [-0.15, -0.1) is 12.4 Å². The van der Waals surface area contributed by atoms with E-state index in [4.69, 9.17) is 21.4 Å². The maximum atomic E-state index is 13.9. The van der Waals surface area contributed by atoms with E-state index < -0.39 is 5.97 Å². The van der Waals surface area contributed by atoms with Gasteiger partial charge in [-0.25, -0.2) is 4.39 Å². The number of fused-ring (bicyclic) bond motifs is 2. The Morgan fingerprint density at radius 1 is 1.23 bits per heavy atom. The molecule has 2 aliphatic heterocycles. The number of nitrogens with zero attached hydrogens (tertiary/aromatic N) is 1. The molecule has 4 nitrogen and oxygen atoms in total. The van der Waals surface area contributed by atoms with E-state index in [1.54, 1.807) is 18.2 Å². The summed E-state index contributed by atoms with van der Waals surface area (Å²) in [5.41, 5.74) is 2.53. The maximum Gasteiger partial charge on any atom is 0.304 e. The number of hydrogen-bond acceptors (Lipinski definition) is 3. The minimum absolute atomic E-state index is 0. The molecule has 160 valence electrons. The fraction of sp³-hybridized carbons (Fsp3) is 0.348. The molecule has 7 heteroatoms. The molecule has 2 heterocycles. The molecule has 1 saturated heterocycles. The standard InChI is InChI=1S/C23H23ClFNO3.ClH/c24-19-2-1-3-20(25)17(19)6-4-16-5-7-18-21(14-16)29-15-23(18)9-12-26(13-10-23)11-8-22(27)28;/h1-7,14H,8-13,15H2,(H,27,28);1H. The number of benzene rings is 2. The van der Waals surface area contributed by atoms with Gasteiger partial charge in [-0.3, -0.25) is 4.79 Å². The number of rotatable bonds is 5. The highest BCUT2D eigenvalue weighted by atomic mass is 35.5. The summed E-state index contributed by atoms with van der Waals surface area (Å²) in [7, 11) is 0. The number of carboxylic acids is 1. The second-order valence-corrected chi connectivity index (χ2v) is 8.19. The van der Waals surface area contributed by atoms with Gasteiger partial charge in [0.1, 0.15) is 11.6 Å². The van der Waals surface area contributed by atoms with Crippen LogP contribution >= 0.6 is 24.0 Å². The predicted octanol–water partition coefficient (Wildman–Crippen LogP) is 5.27. The first-order chi connectivity index (χ1) is 14.0. The van der Waals surface area contributed by atoms with Crippen molar-refractivity contribution >= 4 is 42.1 Å². The molecule has 1 spiro atoms. The second kappa shape index (κ2) is 9.38. The average molecular weight is 452 g/mol. The zero-order chi connectivity index (χ0) is 20.4. The Morgan fingerprint density at radius 2 is 2.00 bits per heavy atom. The van der Waals surface area contributed by atoms with Crippen molar-refractivity contribution in [1.82, 2.24) is 4.90 Å².